The quantitative estimate of drug-likeness (QED) is 0.768. The van der Waals surface area contributed by atoms with E-state index in [2.05, 4.69) is 0 Å². The third kappa shape index (κ3) is 5.05. The molecule has 9 heteroatoms. The number of hydrogen-bond donors (Lipinski definition) is 2. The highest BCUT2D eigenvalue weighted by molar-refractivity contribution is 5.71. The van der Waals surface area contributed by atoms with E-state index in [1.165, 1.54) is 0 Å². The molecule has 0 atom stereocenters. The van der Waals surface area contributed by atoms with E-state index in [4.69, 9.17) is 10.2 Å². The van der Waals surface area contributed by atoms with Gasteiger partial charge >= 0.3 is 18.3 Å². The summed E-state index contributed by atoms with van der Waals surface area (Å²) in [6.07, 6.45) is -8.52. The molecule has 2 aliphatic rings. The maximum absolute atomic E-state index is 11.7. The van der Waals surface area contributed by atoms with Crippen LogP contribution in [0.5, 0.6) is 0 Å². The van der Waals surface area contributed by atoms with Crippen LogP contribution in [0.2, 0.25) is 0 Å². The number of aliphatic carboxylic acids is 1. The predicted octanol–water partition coefficient (Wildman–Crippen LogP) is 3.23. The second-order valence-corrected chi connectivity index (χ2v) is 5.50. The molecule has 0 bridgehead atoms. The molecule has 0 aromatic carbocycles. The number of rotatable bonds is 2. The topological polar surface area (TPSA) is 57.5 Å². The lowest BCUT2D eigenvalue weighted by Crippen LogP contribution is -2.39. The molecule has 2 aliphatic carbocycles. The Kier molecular flexibility index (Phi) is 5.51. The molecule has 0 aromatic heterocycles. The molecule has 2 N–H and O–H groups in total. The van der Waals surface area contributed by atoms with E-state index in [1.807, 2.05) is 0 Å². The van der Waals surface area contributed by atoms with Crippen LogP contribution >= 0.6 is 0 Å². The first kappa shape index (κ1) is 18.1. The van der Waals surface area contributed by atoms with Crippen molar-refractivity contribution in [2.45, 2.75) is 38.0 Å². The summed E-state index contributed by atoms with van der Waals surface area (Å²) in [4.78, 5) is 10.1. The molecule has 0 heterocycles. The molecule has 2 saturated carbocycles. The highest BCUT2D eigenvalue weighted by Crippen LogP contribution is 2.45. The first-order valence-corrected chi connectivity index (χ1v) is 6.42. The molecular formula is C12H16F6O3. The molecule has 2 rings (SSSR count). The van der Waals surface area contributed by atoms with E-state index in [0.717, 1.165) is 0 Å². The van der Waals surface area contributed by atoms with Crippen molar-refractivity contribution in [3.63, 3.8) is 0 Å². The van der Waals surface area contributed by atoms with Crippen LogP contribution in [0.3, 0.4) is 0 Å². The minimum absolute atomic E-state index is 0.105. The predicted molar refractivity (Wildman–Crippen MR) is 59.3 cm³/mol. The molecular weight excluding hydrogens is 306 g/mol. The zero-order chi connectivity index (χ0) is 16.4. The van der Waals surface area contributed by atoms with Crippen molar-refractivity contribution < 1.29 is 41.4 Å². The van der Waals surface area contributed by atoms with E-state index < -0.39 is 36.1 Å². The molecule has 0 aliphatic heterocycles. The Hall–Kier alpha value is -0.990. The van der Waals surface area contributed by atoms with Gasteiger partial charge in [0.1, 0.15) is 0 Å². The maximum Gasteiger partial charge on any atom is 0.391 e. The second-order valence-electron chi connectivity index (χ2n) is 5.50. The lowest BCUT2D eigenvalue weighted by Gasteiger charge is -2.35. The van der Waals surface area contributed by atoms with Crippen molar-refractivity contribution in [2.75, 3.05) is 6.61 Å². The zero-order valence-corrected chi connectivity index (χ0v) is 10.9. The second kappa shape index (κ2) is 6.41. The average molecular weight is 322 g/mol. The smallest absolute Gasteiger partial charge is 0.391 e. The van der Waals surface area contributed by atoms with E-state index in [1.54, 1.807) is 0 Å². The number of halogens is 6. The van der Waals surface area contributed by atoms with Gasteiger partial charge in [-0.2, -0.15) is 26.3 Å². The van der Waals surface area contributed by atoms with Crippen LogP contribution < -0.4 is 0 Å². The van der Waals surface area contributed by atoms with Crippen LogP contribution in [0.25, 0.3) is 0 Å². The van der Waals surface area contributed by atoms with Crippen molar-refractivity contribution >= 4 is 5.97 Å². The molecule has 0 unspecified atom stereocenters. The number of aliphatic hydroxyl groups is 1. The van der Waals surface area contributed by atoms with Gasteiger partial charge in [-0.3, -0.25) is 4.79 Å². The fraction of sp³-hybridized carbons (Fsp3) is 0.917. The van der Waals surface area contributed by atoms with Crippen LogP contribution in [0.4, 0.5) is 26.3 Å². The summed E-state index contributed by atoms with van der Waals surface area (Å²) >= 11 is 0. The average Bonchev–Trinajstić information content (AvgIpc) is 2.07. The van der Waals surface area contributed by atoms with Crippen molar-refractivity contribution in [1.82, 2.24) is 0 Å². The zero-order valence-electron chi connectivity index (χ0n) is 10.9. The summed E-state index contributed by atoms with van der Waals surface area (Å²) in [6.45, 7) is -0.105. The molecule has 0 aromatic rings. The number of aliphatic hydroxyl groups excluding tert-OH is 1. The molecule has 21 heavy (non-hydrogen) atoms. The fourth-order valence-corrected chi connectivity index (χ4v) is 2.24. The van der Waals surface area contributed by atoms with Gasteiger partial charge in [0, 0.05) is 6.61 Å². The van der Waals surface area contributed by atoms with E-state index >= 15 is 0 Å². The first-order valence-electron chi connectivity index (χ1n) is 6.42. The van der Waals surface area contributed by atoms with Crippen LogP contribution in [0.1, 0.15) is 25.7 Å². The number of carboxylic acids is 1. The van der Waals surface area contributed by atoms with Gasteiger partial charge in [0.05, 0.1) is 17.8 Å². The van der Waals surface area contributed by atoms with Gasteiger partial charge in [0.2, 0.25) is 0 Å². The number of carbonyl (C=O) groups is 1. The van der Waals surface area contributed by atoms with Gasteiger partial charge in [-0.05, 0) is 31.6 Å². The monoisotopic (exact) mass is 322 g/mol. The SMILES string of the molecule is O=C(O)C1CC(C(F)(F)F)C1.OCC1CC(C(F)(F)F)C1. The van der Waals surface area contributed by atoms with Crippen LogP contribution in [0.15, 0.2) is 0 Å². The largest absolute Gasteiger partial charge is 0.481 e. The summed E-state index contributed by atoms with van der Waals surface area (Å²) in [5.41, 5.74) is 0. The van der Waals surface area contributed by atoms with Gasteiger partial charge in [-0.25, -0.2) is 0 Å². The van der Waals surface area contributed by atoms with Gasteiger partial charge in [0.25, 0.3) is 0 Å². The van der Waals surface area contributed by atoms with Crippen molar-refractivity contribution in [2.24, 2.45) is 23.7 Å². The summed E-state index contributed by atoms with van der Waals surface area (Å²) < 4.78 is 70.4. The minimum atomic E-state index is -4.20. The highest BCUT2D eigenvalue weighted by Gasteiger charge is 2.50. The summed E-state index contributed by atoms with van der Waals surface area (Å²) in [7, 11) is 0. The van der Waals surface area contributed by atoms with Gasteiger partial charge < -0.3 is 10.2 Å². The standard InChI is InChI=1S/C6H7F3O2.C6H9F3O/c7-6(8,9)4-1-3(2-4)5(10)11;7-6(8,9)5-1-4(2-5)3-10/h3-4H,1-2H2,(H,10,11);4-5,10H,1-3H2. The summed E-state index contributed by atoms with van der Waals surface area (Å²) in [5, 5.41) is 16.7. The Morgan fingerprint density at radius 2 is 1.29 bits per heavy atom. The number of hydrogen-bond acceptors (Lipinski definition) is 2. The Balaban J connectivity index is 0.000000211. The normalized spacial score (nSPS) is 32.3. The Morgan fingerprint density at radius 1 is 0.905 bits per heavy atom. The highest BCUT2D eigenvalue weighted by atomic mass is 19.4. The number of carboxylic acid groups (broad SMARTS) is 1. The molecule has 3 nitrogen and oxygen atoms in total. The van der Waals surface area contributed by atoms with E-state index in [9.17, 15) is 31.1 Å². The van der Waals surface area contributed by atoms with Gasteiger partial charge in [-0.1, -0.05) is 0 Å². The van der Waals surface area contributed by atoms with Crippen LogP contribution in [-0.4, -0.2) is 35.1 Å². The van der Waals surface area contributed by atoms with Crippen LogP contribution in [0, 0.1) is 23.7 Å². The summed E-state index contributed by atoms with van der Waals surface area (Å²) in [6, 6.07) is 0. The minimum Gasteiger partial charge on any atom is -0.481 e. The molecule has 0 radical (unpaired) electrons. The van der Waals surface area contributed by atoms with E-state index in [0.29, 0.717) is 0 Å². The van der Waals surface area contributed by atoms with Gasteiger partial charge in [-0.15, -0.1) is 0 Å². The lowest BCUT2D eigenvalue weighted by molar-refractivity contribution is -0.208. The molecule has 124 valence electrons. The lowest BCUT2D eigenvalue weighted by atomic mass is 9.74. The third-order valence-electron chi connectivity index (χ3n) is 3.91. The molecule has 0 amide bonds. The van der Waals surface area contributed by atoms with Gasteiger partial charge in [0.15, 0.2) is 0 Å². The Morgan fingerprint density at radius 3 is 1.57 bits per heavy atom. The van der Waals surface area contributed by atoms with Crippen molar-refractivity contribution in [3.05, 3.63) is 0 Å². The van der Waals surface area contributed by atoms with Crippen molar-refractivity contribution in [3.8, 4) is 0 Å². The maximum atomic E-state index is 11.7. The van der Waals surface area contributed by atoms with Crippen LogP contribution in [-0.2, 0) is 4.79 Å². The Labute approximate surface area is 116 Å². The molecule has 0 saturated heterocycles. The Bertz CT molecular complexity index is 353. The number of alkyl halides is 6. The molecule has 2 fully saturated rings. The molecule has 0 spiro atoms. The summed E-state index contributed by atoms with van der Waals surface area (Å²) in [5.74, 6) is -4.54. The van der Waals surface area contributed by atoms with E-state index in [-0.39, 0.29) is 38.2 Å². The third-order valence-corrected chi connectivity index (χ3v) is 3.91. The first-order chi connectivity index (χ1) is 9.45. The fourth-order valence-electron chi connectivity index (χ4n) is 2.24. The van der Waals surface area contributed by atoms with Crippen molar-refractivity contribution in [1.29, 1.82) is 0 Å².